The van der Waals surface area contributed by atoms with Crippen LogP contribution in [0.15, 0.2) is 47.4 Å². The molecule has 0 atom stereocenters. The van der Waals surface area contributed by atoms with Gasteiger partial charge in [0, 0.05) is 4.90 Å². The van der Waals surface area contributed by atoms with Crippen molar-refractivity contribution in [3.05, 3.63) is 59.2 Å². The van der Waals surface area contributed by atoms with E-state index in [2.05, 4.69) is 11.4 Å². The molecule has 0 radical (unpaired) electrons. The van der Waals surface area contributed by atoms with Gasteiger partial charge in [-0.2, -0.15) is 5.26 Å². The van der Waals surface area contributed by atoms with E-state index in [1.165, 1.54) is 29.3 Å². The molecule has 0 unspecified atom stereocenters. The van der Waals surface area contributed by atoms with Gasteiger partial charge in [-0.1, -0.05) is 18.2 Å². The van der Waals surface area contributed by atoms with Crippen LogP contribution in [-0.2, 0) is 22.4 Å². The van der Waals surface area contributed by atoms with Gasteiger partial charge in [-0.05, 0) is 61.1 Å². The van der Waals surface area contributed by atoms with Gasteiger partial charge in [0.25, 0.3) is 5.91 Å². The SMILES string of the molecule is N#CCSc1ccccc1NC(=O)COC(=O)c1ccc2c(c1)CCCC2. The highest BCUT2D eigenvalue weighted by molar-refractivity contribution is 7.99. The number of amides is 1. The van der Waals surface area contributed by atoms with E-state index in [1.807, 2.05) is 24.3 Å². The van der Waals surface area contributed by atoms with E-state index in [0.717, 1.165) is 24.2 Å². The molecular weight excluding hydrogens is 360 g/mol. The van der Waals surface area contributed by atoms with E-state index >= 15 is 0 Å². The number of esters is 1. The van der Waals surface area contributed by atoms with Crippen LogP contribution in [0.25, 0.3) is 0 Å². The molecule has 1 aliphatic rings. The number of hydrogen-bond acceptors (Lipinski definition) is 5. The Morgan fingerprint density at radius 1 is 1.11 bits per heavy atom. The van der Waals surface area contributed by atoms with E-state index in [4.69, 9.17) is 10.00 Å². The van der Waals surface area contributed by atoms with Crippen molar-refractivity contribution in [2.75, 3.05) is 17.7 Å². The molecule has 0 saturated carbocycles. The second-order valence-corrected chi connectivity index (χ2v) is 7.28. The number of anilines is 1. The third-order valence-corrected chi connectivity index (χ3v) is 5.31. The lowest BCUT2D eigenvalue weighted by Gasteiger charge is -2.16. The van der Waals surface area contributed by atoms with Crippen molar-refractivity contribution in [2.45, 2.75) is 30.6 Å². The number of rotatable bonds is 6. The van der Waals surface area contributed by atoms with E-state index in [9.17, 15) is 9.59 Å². The number of nitriles is 1. The van der Waals surface area contributed by atoms with Crippen LogP contribution in [0.1, 0.15) is 34.3 Å². The summed E-state index contributed by atoms with van der Waals surface area (Å²) in [5.74, 6) is -0.614. The summed E-state index contributed by atoms with van der Waals surface area (Å²) in [4.78, 5) is 25.2. The Balaban J connectivity index is 1.56. The molecule has 1 N–H and O–H groups in total. The van der Waals surface area contributed by atoms with E-state index in [-0.39, 0.29) is 6.61 Å². The summed E-state index contributed by atoms with van der Waals surface area (Å²) in [5.41, 5.74) is 3.58. The highest BCUT2D eigenvalue weighted by Gasteiger charge is 2.15. The first-order valence-electron chi connectivity index (χ1n) is 8.85. The summed E-state index contributed by atoms with van der Waals surface area (Å²) in [6.45, 7) is -0.354. The lowest BCUT2D eigenvalue weighted by atomic mass is 9.90. The maximum atomic E-state index is 12.3. The maximum absolute atomic E-state index is 12.3. The van der Waals surface area contributed by atoms with E-state index in [0.29, 0.717) is 17.0 Å². The monoisotopic (exact) mass is 380 g/mol. The Labute approximate surface area is 162 Å². The number of para-hydroxylation sites is 1. The second kappa shape index (κ2) is 9.24. The molecule has 0 fully saturated rings. The number of carbonyl (C=O) groups excluding carboxylic acids is 2. The Morgan fingerprint density at radius 3 is 2.70 bits per heavy atom. The van der Waals surface area contributed by atoms with Crippen molar-refractivity contribution in [3.8, 4) is 6.07 Å². The molecule has 1 amide bonds. The molecule has 0 bridgehead atoms. The molecule has 2 aromatic carbocycles. The van der Waals surface area contributed by atoms with Gasteiger partial charge >= 0.3 is 5.97 Å². The molecule has 27 heavy (non-hydrogen) atoms. The molecule has 3 rings (SSSR count). The topological polar surface area (TPSA) is 79.2 Å². The van der Waals surface area contributed by atoms with Gasteiger partial charge in [-0.3, -0.25) is 4.79 Å². The molecule has 1 aliphatic carbocycles. The Kier molecular flexibility index (Phi) is 6.50. The number of aryl methyl sites for hydroxylation is 2. The minimum Gasteiger partial charge on any atom is -0.452 e. The van der Waals surface area contributed by atoms with Crippen molar-refractivity contribution in [1.82, 2.24) is 0 Å². The molecule has 2 aromatic rings. The van der Waals surface area contributed by atoms with Gasteiger partial charge < -0.3 is 10.1 Å². The zero-order valence-corrected chi connectivity index (χ0v) is 15.7. The van der Waals surface area contributed by atoms with Crippen LogP contribution < -0.4 is 5.32 Å². The average Bonchev–Trinajstić information content (AvgIpc) is 2.71. The van der Waals surface area contributed by atoms with Crippen LogP contribution in [0.5, 0.6) is 0 Å². The number of carbonyl (C=O) groups is 2. The van der Waals surface area contributed by atoms with Gasteiger partial charge in [0.2, 0.25) is 0 Å². The van der Waals surface area contributed by atoms with Crippen molar-refractivity contribution in [1.29, 1.82) is 5.26 Å². The largest absolute Gasteiger partial charge is 0.452 e. The number of thioether (sulfide) groups is 1. The van der Waals surface area contributed by atoms with Crippen LogP contribution >= 0.6 is 11.8 Å². The third kappa shape index (κ3) is 5.11. The summed E-state index contributed by atoms with van der Waals surface area (Å²) in [5, 5.41) is 11.4. The molecule has 138 valence electrons. The van der Waals surface area contributed by atoms with Crippen molar-refractivity contribution < 1.29 is 14.3 Å². The number of fused-ring (bicyclic) bond motifs is 1. The second-order valence-electron chi connectivity index (χ2n) is 6.26. The molecule has 0 aromatic heterocycles. The lowest BCUT2D eigenvalue weighted by Crippen LogP contribution is -2.21. The van der Waals surface area contributed by atoms with Crippen LogP contribution in [0, 0.1) is 11.3 Å². The molecule has 0 heterocycles. The first kappa shape index (κ1) is 19.0. The predicted octanol–water partition coefficient (Wildman–Crippen LogP) is 3.98. The average molecular weight is 380 g/mol. The zero-order valence-electron chi connectivity index (χ0n) is 14.9. The highest BCUT2D eigenvalue weighted by Crippen LogP contribution is 2.26. The molecule has 5 nitrogen and oxygen atoms in total. The van der Waals surface area contributed by atoms with Crippen molar-refractivity contribution >= 4 is 29.3 Å². The smallest absolute Gasteiger partial charge is 0.338 e. The van der Waals surface area contributed by atoms with E-state index in [1.54, 1.807) is 18.2 Å². The summed E-state index contributed by atoms with van der Waals surface area (Å²) in [6, 6.07) is 14.9. The predicted molar refractivity (Wildman–Crippen MR) is 105 cm³/mol. The Hall–Kier alpha value is -2.78. The summed E-state index contributed by atoms with van der Waals surface area (Å²) >= 11 is 1.34. The van der Waals surface area contributed by atoms with Crippen LogP contribution in [0.2, 0.25) is 0 Å². The standard InChI is InChI=1S/C21H20N2O3S/c22-11-12-27-19-8-4-3-7-18(19)23-20(24)14-26-21(25)17-10-9-15-5-1-2-6-16(15)13-17/h3-4,7-10,13H,1-2,5-6,12,14H2,(H,23,24). The molecule has 0 spiro atoms. The first-order chi connectivity index (χ1) is 13.2. The van der Waals surface area contributed by atoms with Gasteiger partial charge in [-0.15, -0.1) is 11.8 Å². The minimum atomic E-state index is -0.495. The maximum Gasteiger partial charge on any atom is 0.338 e. The number of hydrogen-bond donors (Lipinski definition) is 1. The normalized spacial score (nSPS) is 12.6. The van der Waals surface area contributed by atoms with Crippen LogP contribution in [0.4, 0.5) is 5.69 Å². The van der Waals surface area contributed by atoms with Gasteiger partial charge in [0.1, 0.15) is 0 Å². The summed E-state index contributed by atoms with van der Waals surface area (Å²) in [7, 11) is 0. The van der Waals surface area contributed by atoms with Gasteiger partial charge in [0.05, 0.1) is 23.1 Å². The van der Waals surface area contributed by atoms with Gasteiger partial charge in [0.15, 0.2) is 6.61 Å². The fourth-order valence-electron chi connectivity index (χ4n) is 3.07. The molecular formula is C21H20N2O3S. The summed E-state index contributed by atoms with van der Waals surface area (Å²) in [6.07, 6.45) is 4.35. The molecule has 0 saturated heterocycles. The summed E-state index contributed by atoms with van der Waals surface area (Å²) < 4.78 is 5.16. The van der Waals surface area contributed by atoms with Gasteiger partial charge in [-0.25, -0.2) is 4.79 Å². The molecule has 6 heteroatoms. The van der Waals surface area contributed by atoms with Crippen LogP contribution in [0.3, 0.4) is 0 Å². The molecule has 0 aliphatic heterocycles. The van der Waals surface area contributed by atoms with Crippen molar-refractivity contribution in [2.24, 2.45) is 0 Å². The zero-order chi connectivity index (χ0) is 19.1. The quantitative estimate of drug-likeness (QED) is 0.606. The number of benzene rings is 2. The lowest BCUT2D eigenvalue weighted by molar-refractivity contribution is -0.119. The number of ether oxygens (including phenoxy) is 1. The number of nitrogens with one attached hydrogen (secondary N) is 1. The number of nitrogens with zero attached hydrogens (tertiary/aromatic N) is 1. The fraction of sp³-hybridized carbons (Fsp3) is 0.286. The minimum absolute atomic E-state index is 0.292. The Bertz CT molecular complexity index is 889. The third-order valence-electron chi connectivity index (χ3n) is 4.37. The highest BCUT2D eigenvalue weighted by atomic mass is 32.2. The fourth-order valence-corrected chi connectivity index (χ4v) is 3.74. The first-order valence-corrected chi connectivity index (χ1v) is 9.83. The van der Waals surface area contributed by atoms with Crippen LogP contribution in [-0.4, -0.2) is 24.2 Å². The van der Waals surface area contributed by atoms with Crippen molar-refractivity contribution in [3.63, 3.8) is 0 Å². The Morgan fingerprint density at radius 2 is 1.89 bits per heavy atom. The van der Waals surface area contributed by atoms with E-state index < -0.39 is 11.9 Å².